The first-order chi connectivity index (χ1) is 13.5. The van der Waals surface area contributed by atoms with Crippen LogP contribution in [-0.2, 0) is 19.1 Å². The van der Waals surface area contributed by atoms with Crippen molar-refractivity contribution >= 4 is 23.9 Å². The number of esters is 1. The number of hydrogen-bond acceptors (Lipinski definition) is 7. The van der Waals surface area contributed by atoms with Crippen molar-refractivity contribution in [2.24, 2.45) is 0 Å². The Morgan fingerprint density at radius 2 is 1.97 bits per heavy atom. The largest absolute Gasteiger partial charge is 0.471 e. The molecule has 2 rings (SSSR count). The molecule has 1 amide bonds. The van der Waals surface area contributed by atoms with Crippen LogP contribution in [0, 0.1) is 10.1 Å². The first kappa shape index (κ1) is 22.3. The topological polar surface area (TPSA) is 125 Å². The summed E-state index contributed by atoms with van der Waals surface area (Å²) >= 11 is 0. The van der Waals surface area contributed by atoms with Gasteiger partial charge in [-0.2, -0.15) is 13.2 Å². The van der Waals surface area contributed by atoms with Crippen LogP contribution in [0.5, 0.6) is 0 Å². The van der Waals surface area contributed by atoms with Crippen LogP contribution < -0.4 is 5.32 Å². The van der Waals surface area contributed by atoms with Gasteiger partial charge in [-0.05, 0) is 25.5 Å². The van der Waals surface area contributed by atoms with Gasteiger partial charge in [0.1, 0.15) is 12.4 Å². The lowest BCUT2D eigenvalue weighted by molar-refractivity contribution is -0.384. The number of nitro benzene ring substituents is 1. The average molecular weight is 418 g/mol. The fourth-order valence-corrected chi connectivity index (χ4v) is 2.92. The number of non-ortho nitro benzene ring substituents is 1. The van der Waals surface area contributed by atoms with Gasteiger partial charge in [0.15, 0.2) is 0 Å². The van der Waals surface area contributed by atoms with Gasteiger partial charge >= 0.3 is 18.1 Å². The summed E-state index contributed by atoms with van der Waals surface area (Å²) in [6.45, 7) is 1.43. The number of nitrogens with zero attached hydrogens (tertiary/aromatic N) is 1. The predicted octanol–water partition coefficient (Wildman–Crippen LogP) is 1.93. The Bertz CT molecular complexity index is 782. The molecule has 1 aliphatic heterocycles. The molecule has 0 spiro atoms. The number of halogens is 3. The highest BCUT2D eigenvalue weighted by Gasteiger charge is 2.45. The minimum Gasteiger partial charge on any atom is -0.454 e. The molecule has 0 unspecified atom stereocenters. The Hall–Kier alpha value is -3.02. The van der Waals surface area contributed by atoms with E-state index in [2.05, 4.69) is 0 Å². The summed E-state index contributed by atoms with van der Waals surface area (Å²) in [7, 11) is 0. The first-order valence-corrected chi connectivity index (χ1v) is 8.45. The molecule has 0 saturated carbocycles. The summed E-state index contributed by atoms with van der Waals surface area (Å²) in [5, 5.41) is 12.5. The maximum absolute atomic E-state index is 12.6. The van der Waals surface area contributed by atoms with Crippen LogP contribution in [0.15, 0.2) is 24.3 Å². The van der Waals surface area contributed by atoms with E-state index in [-0.39, 0.29) is 24.1 Å². The van der Waals surface area contributed by atoms with E-state index in [0.717, 1.165) is 24.3 Å². The highest BCUT2D eigenvalue weighted by atomic mass is 19.4. The number of alkyl halides is 3. The summed E-state index contributed by atoms with van der Waals surface area (Å²) in [4.78, 5) is 44.4. The van der Waals surface area contributed by atoms with E-state index in [4.69, 9.17) is 9.47 Å². The van der Waals surface area contributed by atoms with Gasteiger partial charge in [-0.25, -0.2) is 4.79 Å². The second-order valence-corrected chi connectivity index (χ2v) is 6.35. The molecule has 0 radical (unpaired) electrons. The number of hydrogen-bond donors (Lipinski definition) is 1. The maximum atomic E-state index is 12.6. The van der Waals surface area contributed by atoms with Gasteiger partial charge in [0, 0.05) is 18.6 Å². The maximum Gasteiger partial charge on any atom is 0.471 e. The lowest BCUT2D eigenvalue weighted by Gasteiger charge is -2.40. The normalized spacial score (nSPS) is 24.4. The lowest BCUT2D eigenvalue weighted by atomic mass is 9.94. The molecule has 1 heterocycles. The van der Waals surface area contributed by atoms with Gasteiger partial charge in [0.05, 0.1) is 28.7 Å². The van der Waals surface area contributed by atoms with Crippen molar-refractivity contribution in [2.75, 3.05) is 0 Å². The number of aldehydes is 1. The number of rotatable bonds is 6. The second kappa shape index (κ2) is 8.99. The first-order valence-electron chi connectivity index (χ1n) is 8.45. The summed E-state index contributed by atoms with van der Waals surface area (Å²) in [6.07, 6.45) is -7.84. The van der Waals surface area contributed by atoms with Crippen molar-refractivity contribution in [2.45, 2.75) is 50.3 Å². The van der Waals surface area contributed by atoms with Crippen LogP contribution in [0.4, 0.5) is 18.9 Å². The number of carbonyl (C=O) groups is 3. The fraction of sp³-hybridized carbons (Fsp3) is 0.471. The van der Waals surface area contributed by atoms with Gasteiger partial charge in [-0.15, -0.1) is 0 Å². The molecule has 1 fully saturated rings. The fourth-order valence-electron chi connectivity index (χ4n) is 2.92. The summed E-state index contributed by atoms with van der Waals surface area (Å²) in [6, 6.07) is 3.15. The minimum absolute atomic E-state index is 0.0706. The molecule has 1 aliphatic rings. The van der Waals surface area contributed by atoms with Crippen LogP contribution in [0.1, 0.15) is 30.1 Å². The van der Waals surface area contributed by atoms with E-state index in [1.54, 1.807) is 5.32 Å². The van der Waals surface area contributed by atoms with Crippen LogP contribution >= 0.6 is 0 Å². The lowest BCUT2D eigenvalue weighted by Crippen LogP contribution is -2.58. The molecule has 1 saturated heterocycles. The Morgan fingerprint density at radius 3 is 2.48 bits per heavy atom. The van der Waals surface area contributed by atoms with Crippen LogP contribution in [0.3, 0.4) is 0 Å². The monoisotopic (exact) mass is 418 g/mol. The number of ether oxygens (including phenoxy) is 2. The van der Waals surface area contributed by atoms with Gasteiger partial charge in [-0.3, -0.25) is 14.9 Å². The number of nitrogens with one attached hydrogen (secondary N) is 1. The van der Waals surface area contributed by atoms with Gasteiger partial charge in [0.2, 0.25) is 0 Å². The SMILES string of the molecule is C[C@@H]1O[C@@H](CC=O)C[C@H](NC(=O)C(F)(F)F)[C@@H]1OC(=O)c1ccc([N+](=O)[O-])cc1. The van der Waals surface area contributed by atoms with Crippen molar-refractivity contribution in [3.8, 4) is 0 Å². The van der Waals surface area contributed by atoms with Crippen molar-refractivity contribution in [3.63, 3.8) is 0 Å². The molecule has 1 N–H and O–H groups in total. The zero-order valence-corrected chi connectivity index (χ0v) is 15.0. The van der Waals surface area contributed by atoms with E-state index in [9.17, 15) is 37.7 Å². The molecule has 12 heteroatoms. The highest BCUT2D eigenvalue weighted by Crippen LogP contribution is 2.27. The molecule has 29 heavy (non-hydrogen) atoms. The summed E-state index contributed by atoms with van der Waals surface area (Å²) in [5.74, 6) is -3.17. The van der Waals surface area contributed by atoms with Gasteiger partial charge in [0.25, 0.3) is 5.69 Å². The minimum atomic E-state index is -5.14. The summed E-state index contributed by atoms with van der Waals surface area (Å²) < 4.78 is 48.7. The zero-order valence-electron chi connectivity index (χ0n) is 15.0. The van der Waals surface area contributed by atoms with E-state index >= 15 is 0 Å². The zero-order chi connectivity index (χ0) is 21.8. The Kier molecular flexibility index (Phi) is 6.90. The second-order valence-electron chi connectivity index (χ2n) is 6.35. The molecule has 9 nitrogen and oxygen atoms in total. The predicted molar refractivity (Wildman–Crippen MR) is 89.9 cm³/mol. The Morgan fingerprint density at radius 1 is 1.34 bits per heavy atom. The molecule has 158 valence electrons. The molecule has 1 aromatic carbocycles. The quantitative estimate of drug-likeness (QED) is 0.324. The standard InChI is InChI=1S/C17H17F3N2O7/c1-9-14(29-15(24)10-2-4-11(5-3-10)22(26)27)13(8-12(28-9)6-7-23)21-16(25)17(18,19)20/h2-5,7,9,12-14H,6,8H2,1H3,(H,21,25)/t9-,12-,13-,14+/m0/s1. The van der Waals surface area contributed by atoms with Crippen LogP contribution in [0.2, 0.25) is 0 Å². The molecular weight excluding hydrogens is 401 g/mol. The number of carbonyl (C=O) groups excluding carboxylic acids is 3. The van der Waals surface area contributed by atoms with E-state index < -0.39 is 47.3 Å². The number of amides is 1. The molecule has 0 aliphatic carbocycles. The van der Waals surface area contributed by atoms with E-state index in [1.807, 2.05) is 0 Å². The average Bonchev–Trinajstić information content (AvgIpc) is 2.64. The highest BCUT2D eigenvalue weighted by molar-refractivity contribution is 5.90. The third-order valence-corrected chi connectivity index (χ3v) is 4.27. The molecule has 0 bridgehead atoms. The van der Waals surface area contributed by atoms with E-state index in [0.29, 0.717) is 6.29 Å². The smallest absolute Gasteiger partial charge is 0.454 e. The third kappa shape index (κ3) is 5.73. The van der Waals surface area contributed by atoms with Crippen molar-refractivity contribution in [3.05, 3.63) is 39.9 Å². The molecule has 4 atom stereocenters. The summed E-state index contributed by atoms with van der Waals surface area (Å²) in [5.41, 5.74) is -0.332. The van der Waals surface area contributed by atoms with Gasteiger partial charge in [-0.1, -0.05) is 0 Å². The molecule has 0 aromatic heterocycles. The number of nitro groups is 1. The van der Waals surface area contributed by atoms with Crippen molar-refractivity contribution < 1.29 is 42.0 Å². The van der Waals surface area contributed by atoms with Crippen molar-refractivity contribution in [1.82, 2.24) is 5.32 Å². The Balaban J connectivity index is 2.18. The van der Waals surface area contributed by atoms with Crippen LogP contribution in [-0.4, -0.2) is 53.6 Å². The van der Waals surface area contributed by atoms with Gasteiger partial charge < -0.3 is 19.6 Å². The van der Waals surface area contributed by atoms with E-state index in [1.165, 1.54) is 6.92 Å². The Labute approximate surface area is 162 Å². The number of benzene rings is 1. The van der Waals surface area contributed by atoms with Crippen molar-refractivity contribution in [1.29, 1.82) is 0 Å². The molecular formula is C17H17F3N2O7. The van der Waals surface area contributed by atoms with Crippen LogP contribution in [0.25, 0.3) is 0 Å². The molecule has 1 aromatic rings. The third-order valence-electron chi connectivity index (χ3n) is 4.27.